The lowest BCUT2D eigenvalue weighted by molar-refractivity contribution is 0.434. The van der Waals surface area contributed by atoms with Gasteiger partial charge < -0.3 is 10.6 Å². The van der Waals surface area contributed by atoms with Crippen molar-refractivity contribution < 1.29 is 0 Å². The molecule has 1 aliphatic heterocycles. The van der Waals surface area contributed by atoms with Gasteiger partial charge in [-0.25, -0.2) is 9.97 Å². The standard InChI is InChI=1S/C17H22N4/c1-13-7-9-21(10-8-13)17-19-15(12-18)11-16(20-17)14-5-3-2-4-6-14/h2-6,11,13H,7-10,12,18H2,1H3. The number of aromatic nitrogens is 2. The summed E-state index contributed by atoms with van der Waals surface area (Å²) in [5.74, 6) is 1.62. The van der Waals surface area contributed by atoms with Crippen molar-refractivity contribution in [2.24, 2.45) is 11.7 Å². The second-order valence-corrected chi connectivity index (χ2v) is 5.78. The molecule has 0 atom stereocenters. The normalized spacial score (nSPS) is 16.2. The molecule has 0 unspecified atom stereocenters. The molecule has 2 heterocycles. The fourth-order valence-corrected chi connectivity index (χ4v) is 2.69. The third-order valence-electron chi connectivity index (χ3n) is 4.11. The summed E-state index contributed by atoms with van der Waals surface area (Å²) in [6.45, 7) is 4.82. The largest absolute Gasteiger partial charge is 0.341 e. The minimum Gasteiger partial charge on any atom is -0.341 e. The van der Waals surface area contributed by atoms with Gasteiger partial charge in [-0.3, -0.25) is 0 Å². The predicted octanol–water partition coefficient (Wildman–Crippen LogP) is 2.84. The highest BCUT2D eigenvalue weighted by Gasteiger charge is 2.19. The molecule has 21 heavy (non-hydrogen) atoms. The molecule has 0 spiro atoms. The first kappa shape index (κ1) is 14.0. The number of hydrogen-bond acceptors (Lipinski definition) is 4. The minimum atomic E-state index is 0.444. The first-order chi connectivity index (χ1) is 10.3. The SMILES string of the molecule is CC1CCN(c2nc(CN)cc(-c3ccccc3)n2)CC1. The number of hydrogen-bond donors (Lipinski definition) is 1. The highest BCUT2D eigenvalue weighted by Crippen LogP contribution is 2.24. The van der Waals surface area contributed by atoms with Crippen LogP contribution in [0, 0.1) is 5.92 Å². The monoisotopic (exact) mass is 282 g/mol. The van der Waals surface area contributed by atoms with E-state index in [9.17, 15) is 0 Å². The summed E-state index contributed by atoms with van der Waals surface area (Å²) in [5, 5.41) is 0. The molecule has 4 nitrogen and oxygen atoms in total. The van der Waals surface area contributed by atoms with Crippen LogP contribution in [0.15, 0.2) is 36.4 Å². The van der Waals surface area contributed by atoms with E-state index in [-0.39, 0.29) is 0 Å². The Bertz CT molecular complexity index is 589. The Labute approximate surface area is 126 Å². The van der Waals surface area contributed by atoms with E-state index in [0.717, 1.165) is 41.9 Å². The lowest BCUT2D eigenvalue weighted by atomic mass is 10.00. The Hall–Kier alpha value is -1.94. The fourth-order valence-electron chi connectivity index (χ4n) is 2.69. The van der Waals surface area contributed by atoms with Crippen molar-refractivity contribution in [1.29, 1.82) is 0 Å². The van der Waals surface area contributed by atoms with E-state index in [1.54, 1.807) is 0 Å². The molecule has 110 valence electrons. The molecular formula is C17H22N4. The van der Waals surface area contributed by atoms with Gasteiger partial charge in [-0.1, -0.05) is 37.3 Å². The zero-order valence-electron chi connectivity index (χ0n) is 12.5. The molecule has 0 radical (unpaired) electrons. The molecule has 0 aliphatic carbocycles. The van der Waals surface area contributed by atoms with Crippen LogP contribution in [0.25, 0.3) is 11.3 Å². The van der Waals surface area contributed by atoms with E-state index < -0.39 is 0 Å². The van der Waals surface area contributed by atoms with Crippen LogP contribution < -0.4 is 10.6 Å². The van der Waals surface area contributed by atoms with Crippen LogP contribution in [-0.2, 0) is 6.54 Å². The van der Waals surface area contributed by atoms with E-state index in [0.29, 0.717) is 6.54 Å². The summed E-state index contributed by atoms with van der Waals surface area (Å²) in [6.07, 6.45) is 2.41. The van der Waals surface area contributed by atoms with Gasteiger partial charge in [-0.05, 0) is 24.8 Å². The zero-order valence-corrected chi connectivity index (χ0v) is 12.5. The minimum absolute atomic E-state index is 0.444. The van der Waals surface area contributed by atoms with E-state index in [1.165, 1.54) is 12.8 Å². The van der Waals surface area contributed by atoms with E-state index >= 15 is 0 Å². The summed E-state index contributed by atoms with van der Waals surface area (Å²) in [7, 11) is 0. The second-order valence-electron chi connectivity index (χ2n) is 5.78. The van der Waals surface area contributed by atoms with E-state index in [1.807, 2.05) is 24.3 Å². The number of anilines is 1. The highest BCUT2D eigenvalue weighted by atomic mass is 15.3. The Morgan fingerprint density at radius 1 is 1.14 bits per heavy atom. The fraction of sp³-hybridized carbons (Fsp3) is 0.412. The number of nitrogens with zero attached hydrogens (tertiary/aromatic N) is 3. The van der Waals surface area contributed by atoms with Crippen molar-refractivity contribution in [3.63, 3.8) is 0 Å². The molecule has 1 aromatic carbocycles. The molecule has 0 amide bonds. The van der Waals surface area contributed by atoms with E-state index in [4.69, 9.17) is 10.7 Å². The first-order valence-electron chi connectivity index (χ1n) is 7.64. The van der Waals surface area contributed by atoms with Crippen LogP contribution in [-0.4, -0.2) is 23.1 Å². The molecule has 1 fully saturated rings. The zero-order chi connectivity index (χ0) is 14.7. The van der Waals surface area contributed by atoms with Crippen molar-refractivity contribution in [3.05, 3.63) is 42.1 Å². The molecule has 2 aromatic rings. The summed E-state index contributed by atoms with van der Waals surface area (Å²) < 4.78 is 0. The maximum absolute atomic E-state index is 5.81. The third-order valence-corrected chi connectivity index (χ3v) is 4.11. The maximum atomic E-state index is 5.81. The number of benzene rings is 1. The smallest absolute Gasteiger partial charge is 0.226 e. The lowest BCUT2D eigenvalue weighted by Crippen LogP contribution is -2.34. The van der Waals surface area contributed by atoms with Gasteiger partial charge in [0.25, 0.3) is 0 Å². The second kappa shape index (κ2) is 6.22. The Morgan fingerprint density at radius 3 is 2.52 bits per heavy atom. The van der Waals surface area contributed by atoms with E-state index in [2.05, 4.69) is 28.9 Å². The molecule has 3 rings (SSSR count). The third kappa shape index (κ3) is 3.22. The molecule has 2 N–H and O–H groups in total. The topological polar surface area (TPSA) is 55.0 Å². The van der Waals surface area contributed by atoms with Crippen molar-refractivity contribution in [2.45, 2.75) is 26.3 Å². The Morgan fingerprint density at radius 2 is 1.86 bits per heavy atom. The molecule has 1 aliphatic rings. The van der Waals surface area contributed by atoms with Crippen molar-refractivity contribution in [2.75, 3.05) is 18.0 Å². The van der Waals surface area contributed by atoms with Crippen molar-refractivity contribution in [3.8, 4) is 11.3 Å². The summed E-state index contributed by atoms with van der Waals surface area (Å²) >= 11 is 0. The van der Waals surface area contributed by atoms with Crippen LogP contribution in [0.2, 0.25) is 0 Å². The molecule has 1 aromatic heterocycles. The van der Waals surface area contributed by atoms with Crippen LogP contribution in [0.4, 0.5) is 5.95 Å². The van der Waals surface area contributed by atoms with Gasteiger partial charge in [0.05, 0.1) is 11.4 Å². The summed E-state index contributed by atoms with van der Waals surface area (Å²) in [6, 6.07) is 12.2. The van der Waals surface area contributed by atoms with Crippen LogP contribution >= 0.6 is 0 Å². The molecular weight excluding hydrogens is 260 g/mol. The van der Waals surface area contributed by atoms with Crippen LogP contribution in [0.5, 0.6) is 0 Å². The Balaban J connectivity index is 1.94. The molecule has 0 saturated carbocycles. The van der Waals surface area contributed by atoms with Gasteiger partial charge >= 0.3 is 0 Å². The lowest BCUT2D eigenvalue weighted by Gasteiger charge is -2.30. The van der Waals surface area contributed by atoms with Gasteiger partial charge in [0, 0.05) is 25.2 Å². The highest BCUT2D eigenvalue weighted by molar-refractivity contribution is 5.60. The number of piperidine rings is 1. The molecule has 0 bridgehead atoms. The van der Waals surface area contributed by atoms with Gasteiger partial charge in [0.1, 0.15) is 0 Å². The van der Waals surface area contributed by atoms with Gasteiger partial charge in [0.15, 0.2) is 0 Å². The first-order valence-corrected chi connectivity index (χ1v) is 7.64. The van der Waals surface area contributed by atoms with Gasteiger partial charge in [-0.2, -0.15) is 0 Å². The quantitative estimate of drug-likeness (QED) is 0.940. The average Bonchev–Trinajstić information content (AvgIpc) is 2.56. The van der Waals surface area contributed by atoms with Gasteiger partial charge in [-0.15, -0.1) is 0 Å². The Kier molecular flexibility index (Phi) is 4.15. The average molecular weight is 282 g/mol. The maximum Gasteiger partial charge on any atom is 0.226 e. The molecule has 1 saturated heterocycles. The summed E-state index contributed by atoms with van der Waals surface area (Å²) in [5.41, 5.74) is 8.78. The van der Waals surface area contributed by atoms with Gasteiger partial charge in [0.2, 0.25) is 5.95 Å². The van der Waals surface area contributed by atoms with Crippen LogP contribution in [0.3, 0.4) is 0 Å². The van der Waals surface area contributed by atoms with Crippen LogP contribution in [0.1, 0.15) is 25.5 Å². The number of rotatable bonds is 3. The predicted molar refractivity (Wildman–Crippen MR) is 86.0 cm³/mol. The van der Waals surface area contributed by atoms with Crippen molar-refractivity contribution in [1.82, 2.24) is 9.97 Å². The summed E-state index contributed by atoms with van der Waals surface area (Å²) in [4.78, 5) is 11.7. The number of nitrogens with two attached hydrogens (primary N) is 1. The molecule has 4 heteroatoms. The van der Waals surface area contributed by atoms with Crippen molar-refractivity contribution >= 4 is 5.95 Å².